The first-order valence-corrected chi connectivity index (χ1v) is 7.23. The van der Waals surface area contributed by atoms with Crippen LogP contribution in [0.4, 0.5) is 0 Å². The Hall–Kier alpha value is -1.10. The third-order valence-corrected chi connectivity index (χ3v) is 3.30. The topological polar surface area (TPSA) is 47.9 Å². The number of aliphatic hydroxyl groups is 1. The first-order valence-electron chi connectivity index (χ1n) is 7.23. The zero-order valence-corrected chi connectivity index (χ0v) is 12.3. The molecule has 0 radical (unpaired) electrons. The zero-order valence-electron chi connectivity index (χ0n) is 12.3. The van der Waals surface area contributed by atoms with Gasteiger partial charge in [-0.1, -0.05) is 12.1 Å². The van der Waals surface area contributed by atoms with Crippen molar-refractivity contribution < 1.29 is 19.3 Å². The van der Waals surface area contributed by atoms with Gasteiger partial charge in [0.25, 0.3) is 0 Å². The van der Waals surface area contributed by atoms with Gasteiger partial charge in [-0.3, -0.25) is 0 Å². The van der Waals surface area contributed by atoms with Crippen LogP contribution in [0, 0.1) is 0 Å². The molecule has 4 heteroatoms. The second-order valence-corrected chi connectivity index (χ2v) is 5.59. The van der Waals surface area contributed by atoms with Gasteiger partial charge in [-0.25, -0.2) is 0 Å². The molecule has 0 bridgehead atoms. The van der Waals surface area contributed by atoms with E-state index in [2.05, 4.69) is 12.1 Å². The Morgan fingerprint density at radius 2 is 2.00 bits per heavy atom. The summed E-state index contributed by atoms with van der Waals surface area (Å²) in [6, 6.07) is 8.11. The Kier molecular flexibility index (Phi) is 5.40. The smallest absolute Gasteiger partial charge is 0.163 e. The number of hydrogen-bond acceptors (Lipinski definition) is 4. The molecule has 1 atom stereocenters. The minimum Gasteiger partial charge on any atom is -0.491 e. The molecule has 1 aliphatic heterocycles. The molecule has 1 N–H and O–H groups in total. The van der Waals surface area contributed by atoms with Crippen LogP contribution in [-0.2, 0) is 15.9 Å². The maximum atomic E-state index is 8.76. The van der Waals surface area contributed by atoms with Gasteiger partial charge in [0.2, 0.25) is 0 Å². The minimum atomic E-state index is -0.495. The van der Waals surface area contributed by atoms with E-state index in [4.69, 9.17) is 19.3 Å². The van der Waals surface area contributed by atoms with Crippen LogP contribution in [-0.4, -0.2) is 36.8 Å². The van der Waals surface area contributed by atoms with E-state index in [1.165, 1.54) is 5.56 Å². The van der Waals surface area contributed by atoms with E-state index in [0.29, 0.717) is 13.2 Å². The van der Waals surface area contributed by atoms with Crippen molar-refractivity contribution in [2.24, 2.45) is 0 Å². The van der Waals surface area contributed by atoms with E-state index >= 15 is 0 Å². The molecule has 1 aromatic carbocycles. The van der Waals surface area contributed by atoms with Crippen LogP contribution in [0.25, 0.3) is 0 Å². The summed E-state index contributed by atoms with van der Waals surface area (Å²) in [6.45, 7) is 5.17. The standard InChI is InChI=1S/C16H24O4/c1-16(2)19-12-15(20-16)11-18-14-8-6-13(7-9-14)5-3-4-10-17/h6-9,15,17H,3-5,10-12H2,1-2H3. The fourth-order valence-electron chi connectivity index (χ4n) is 2.23. The monoisotopic (exact) mass is 280 g/mol. The number of aliphatic hydroxyl groups excluding tert-OH is 1. The van der Waals surface area contributed by atoms with Crippen LogP contribution in [0.1, 0.15) is 32.3 Å². The molecule has 1 unspecified atom stereocenters. The summed E-state index contributed by atoms with van der Waals surface area (Å²) < 4.78 is 16.9. The van der Waals surface area contributed by atoms with E-state index in [1.54, 1.807) is 0 Å². The molecular formula is C16H24O4. The van der Waals surface area contributed by atoms with Gasteiger partial charge in [-0.05, 0) is 50.8 Å². The van der Waals surface area contributed by atoms with Crippen LogP contribution in [0.15, 0.2) is 24.3 Å². The van der Waals surface area contributed by atoms with Crippen LogP contribution in [0.3, 0.4) is 0 Å². The summed E-state index contributed by atoms with van der Waals surface area (Å²) in [7, 11) is 0. The van der Waals surface area contributed by atoms with Crippen molar-refractivity contribution in [3.63, 3.8) is 0 Å². The molecule has 0 aromatic heterocycles. The molecule has 0 aliphatic carbocycles. The minimum absolute atomic E-state index is 0.00534. The molecule has 1 aromatic rings. The largest absolute Gasteiger partial charge is 0.491 e. The summed E-state index contributed by atoms with van der Waals surface area (Å²) in [5, 5.41) is 8.76. The molecule has 2 rings (SSSR count). The van der Waals surface area contributed by atoms with Gasteiger partial charge in [-0.2, -0.15) is 0 Å². The van der Waals surface area contributed by atoms with E-state index in [-0.39, 0.29) is 12.7 Å². The van der Waals surface area contributed by atoms with E-state index in [1.807, 2.05) is 26.0 Å². The molecule has 4 nitrogen and oxygen atoms in total. The lowest BCUT2D eigenvalue weighted by atomic mass is 10.1. The van der Waals surface area contributed by atoms with Gasteiger partial charge in [0.1, 0.15) is 18.5 Å². The van der Waals surface area contributed by atoms with Crippen LogP contribution >= 0.6 is 0 Å². The molecule has 0 saturated carbocycles. The summed E-state index contributed by atoms with van der Waals surface area (Å²) >= 11 is 0. The van der Waals surface area contributed by atoms with E-state index in [0.717, 1.165) is 25.0 Å². The van der Waals surface area contributed by atoms with Crippen molar-refractivity contribution in [2.75, 3.05) is 19.8 Å². The van der Waals surface area contributed by atoms with Gasteiger partial charge >= 0.3 is 0 Å². The Balaban J connectivity index is 1.74. The van der Waals surface area contributed by atoms with Gasteiger partial charge < -0.3 is 19.3 Å². The lowest BCUT2D eigenvalue weighted by molar-refractivity contribution is -0.141. The van der Waals surface area contributed by atoms with Crippen LogP contribution in [0.2, 0.25) is 0 Å². The Morgan fingerprint density at radius 1 is 1.25 bits per heavy atom. The first-order chi connectivity index (χ1) is 9.59. The van der Waals surface area contributed by atoms with Crippen molar-refractivity contribution in [1.82, 2.24) is 0 Å². The molecule has 1 fully saturated rings. The average Bonchev–Trinajstić information content (AvgIpc) is 2.78. The number of rotatable bonds is 7. The summed E-state index contributed by atoms with van der Waals surface area (Å²) in [5.74, 6) is 0.356. The summed E-state index contributed by atoms with van der Waals surface area (Å²) in [6.07, 6.45) is 2.86. The highest BCUT2D eigenvalue weighted by Gasteiger charge is 2.32. The lowest BCUT2D eigenvalue weighted by Gasteiger charge is -2.17. The molecule has 0 amide bonds. The van der Waals surface area contributed by atoms with Gasteiger partial charge in [-0.15, -0.1) is 0 Å². The number of ether oxygens (including phenoxy) is 3. The predicted octanol–water partition coefficient (Wildman–Crippen LogP) is 2.53. The third-order valence-electron chi connectivity index (χ3n) is 3.30. The second-order valence-electron chi connectivity index (χ2n) is 5.59. The normalized spacial score (nSPS) is 21.1. The molecule has 1 aliphatic rings. The molecule has 112 valence electrons. The quantitative estimate of drug-likeness (QED) is 0.780. The Morgan fingerprint density at radius 3 is 2.60 bits per heavy atom. The number of aryl methyl sites for hydroxylation is 1. The van der Waals surface area contributed by atoms with Gasteiger partial charge in [0, 0.05) is 6.61 Å². The first kappa shape index (κ1) is 15.3. The zero-order chi connectivity index (χ0) is 14.4. The Labute approximate surface area is 120 Å². The van der Waals surface area contributed by atoms with Crippen molar-refractivity contribution in [1.29, 1.82) is 0 Å². The summed E-state index contributed by atoms with van der Waals surface area (Å²) in [5.41, 5.74) is 1.27. The van der Waals surface area contributed by atoms with Gasteiger partial charge in [0.15, 0.2) is 5.79 Å². The van der Waals surface area contributed by atoms with Crippen molar-refractivity contribution >= 4 is 0 Å². The van der Waals surface area contributed by atoms with Crippen molar-refractivity contribution in [3.8, 4) is 5.75 Å². The highest BCUT2D eigenvalue weighted by atomic mass is 16.7. The molecule has 0 spiro atoms. The second kappa shape index (κ2) is 7.07. The fraction of sp³-hybridized carbons (Fsp3) is 0.625. The van der Waals surface area contributed by atoms with Crippen molar-refractivity contribution in [3.05, 3.63) is 29.8 Å². The SMILES string of the molecule is CC1(C)OCC(COc2ccc(CCCCO)cc2)O1. The summed E-state index contributed by atoms with van der Waals surface area (Å²) in [4.78, 5) is 0. The van der Waals surface area contributed by atoms with Gasteiger partial charge in [0.05, 0.1) is 6.61 Å². The van der Waals surface area contributed by atoms with E-state index < -0.39 is 5.79 Å². The van der Waals surface area contributed by atoms with Crippen LogP contribution < -0.4 is 4.74 Å². The van der Waals surface area contributed by atoms with E-state index in [9.17, 15) is 0 Å². The van der Waals surface area contributed by atoms with Crippen molar-refractivity contribution in [2.45, 2.75) is 45.0 Å². The number of benzene rings is 1. The number of unbranched alkanes of at least 4 members (excludes halogenated alkanes) is 1. The molecule has 1 heterocycles. The fourth-order valence-corrected chi connectivity index (χ4v) is 2.23. The highest BCUT2D eigenvalue weighted by Crippen LogP contribution is 2.23. The molecular weight excluding hydrogens is 256 g/mol. The number of hydrogen-bond donors (Lipinski definition) is 1. The van der Waals surface area contributed by atoms with Crippen LogP contribution in [0.5, 0.6) is 5.75 Å². The average molecular weight is 280 g/mol. The molecule has 20 heavy (non-hydrogen) atoms. The maximum absolute atomic E-state index is 8.76. The predicted molar refractivity (Wildman–Crippen MR) is 76.9 cm³/mol. The Bertz CT molecular complexity index is 399. The molecule has 1 saturated heterocycles. The highest BCUT2D eigenvalue weighted by molar-refractivity contribution is 5.27. The third kappa shape index (κ3) is 4.78. The lowest BCUT2D eigenvalue weighted by Crippen LogP contribution is -2.25. The maximum Gasteiger partial charge on any atom is 0.163 e.